The van der Waals surface area contributed by atoms with E-state index in [1.54, 1.807) is 0 Å². The van der Waals surface area contributed by atoms with E-state index in [9.17, 15) is 0 Å². The predicted octanol–water partition coefficient (Wildman–Crippen LogP) is 3.16. The molecule has 0 amide bonds. The lowest BCUT2D eigenvalue weighted by atomic mass is 9.92. The van der Waals surface area contributed by atoms with Gasteiger partial charge in [0.25, 0.3) is 0 Å². The summed E-state index contributed by atoms with van der Waals surface area (Å²) in [4.78, 5) is 5.55. The number of aromatic nitrogens is 1. The van der Waals surface area contributed by atoms with Gasteiger partial charge in [0, 0.05) is 17.8 Å². The summed E-state index contributed by atoms with van der Waals surface area (Å²) in [6, 6.07) is 6.08. The van der Waals surface area contributed by atoms with Crippen molar-refractivity contribution in [3.8, 4) is 0 Å². The van der Waals surface area contributed by atoms with Crippen LogP contribution in [-0.4, -0.2) is 4.98 Å². The van der Waals surface area contributed by atoms with Gasteiger partial charge in [0.1, 0.15) is 0 Å². The minimum absolute atomic E-state index is 0.443. The third-order valence-corrected chi connectivity index (χ3v) is 2.95. The Morgan fingerprint density at radius 1 is 1.38 bits per heavy atom. The summed E-state index contributed by atoms with van der Waals surface area (Å²) in [7, 11) is 0. The summed E-state index contributed by atoms with van der Waals surface area (Å²) in [6.45, 7) is 0. The van der Waals surface area contributed by atoms with Gasteiger partial charge < -0.3 is 0 Å². The summed E-state index contributed by atoms with van der Waals surface area (Å²) < 4.78 is 0. The van der Waals surface area contributed by atoms with Gasteiger partial charge in [0.2, 0.25) is 0 Å². The number of hydrogen-bond acceptors (Lipinski definition) is 2. The average Bonchev–Trinajstić information content (AvgIpc) is 2.20. The van der Waals surface area contributed by atoms with Crippen molar-refractivity contribution in [3.63, 3.8) is 0 Å². The van der Waals surface area contributed by atoms with Gasteiger partial charge in [0.15, 0.2) is 0 Å². The van der Waals surface area contributed by atoms with Gasteiger partial charge in [-0.25, -0.2) is 0 Å². The molecule has 13 heavy (non-hydrogen) atoms. The second-order valence-corrected chi connectivity index (χ2v) is 3.88. The highest BCUT2D eigenvalue weighted by Crippen LogP contribution is 2.34. The maximum atomic E-state index is 4.49. The van der Waals surface area contributed by atoms with Crippen LogP contribution in [0.4, 0.5) is 0 Å². The highest BCUT2D eigenvalue weighted by Gasteiger charge is 2.17. The molecule has 0 fully saturated rings. The molecule has 2 rings (SSSR count). The van der Waals surface area contributed by atoms with Crippen LogP contribution in [0.3, 0.4) is 0 Å². The van der Waals surface area contributed by atoms with E-state index in [1.807, 2.05) is 18.3 Å². The van der Waals surface area contributed by atoms with E-state index < -0.39 is 0 Å². The first kappa shape index (κ1) is 8.82. The Bertz CT molecular complexity index is 305. The first-order valence-electron chi connectivity index (χ1n) is 4.68. The van der Waals surface area contributed by atoms with E-state index >= 15 is 0 Å². The smallest absolute Gasteiger partial charge is 0.0483 e. The number of rotatable bonds is 1. The predicted molar refractivity (Wildman–Crippen MR) is 57.9 cm³/mol. The van der Waals surface area contributed by atoms with Crippen LogP contribution in [-0.2, 0) is 0 Å². The van der Waals surface area contributed by atoms with Gasteiger partial charge in [-0.1, -0.05) is 12.1 Å². The molecule has 0 aromatic carbocycles. The van der Waals surface area contributed by atoms with E-state index in [0.717, 1.165) is 5.69 Å². The molecule has 1 aromatic heterocycles. The zero-order valence-electron chi connectivity index (χ0n) is 7.48. The quantitative estimate of drug-likeness (QED) is 0.673. The number of thiol groups is 1. The number of pyridine rings is 1. The lowest BCUT2D eigenvalue weighted by Crippen LogP contribution is -2.05. The molecule has 0 spiro atoms. The third kappa shape index (κ3) is 1.94. The molecule has 0 bridgehead atoms. The van der Waals surface area contributed by atoms with E-state index in [-0.39, 0.29) is 0 Å². The van der Waals surface area contributed by atoms with Crippen LogP contribution < -0.4 is 0 Å². The van der Waals surface area contributed by atoms with Crippen LogP contribution >= 0.6 is 12.6 Å². The highest BCUT2D eigenvalue weighted by atomic mass is 32.1. The molecule has 1 nitrogen and oxygen atoms in total. The second-order valence-electron chi connectivity index (χ2n) is 3.37. The van der Waals surface area contributed by atoms with Crippen molar-refractivity contribution in [1.29, 1.82) is 0 Å². The van der Waals surface area contributed by atoms with Crippen LogP contribution in [0.1, 0.15) is 30.9 Å². The largest absolute Gasteiger partial charge is 0.261 e. The lowest BCUT2D eigenvalue weighted by molar-refractivity contribution is 0.634. The topological polar surface area (TPSA) is 12.9 Å². The Morgan fingerprint density at radius 2 is 2.31 bits per heavy atom. The van der Waals surface area contributed by atoms with E-state index in [0.29, 0.717) is 5.92 Å². The fourth-order valence-corrected chi connectivity index (χ4v) is 2.13. The highest BCUT2D eigenvalue weighted by molar-refractivity contribution is 7.84. The molecule has 1 atom stereocenters. The standard InChI is InChI=1S/C11H13NS/c13-11-7-2-1-5-9(11)10-6-3-4-8-12-10/h3-4,6-9,13H,1-2,5H2. The zero-order chi connectivity index (χ0) is 9.10. The van der Waals surface area contributed by atoms with Gasteiger partial charge in [-0.2, -0.15) is 0 Å². The molecular formula is C11H13NS. The summed E-state index contributed by atoms with van der Waals surface area (Å²) in [5, 5.41) is 0. The maximum Gasteiger partial charge on any atom is 0.0483 e. The van der Waals surface area contributed by atoms with E-state index in [4.69, 9.17) is 0 Å². The van der Waals surface area contributed by atoms with Crippen molar-refractivity contribution >= 4 is 12.6 Å². The van der Waals surface area contributed by atoms with Crippen LogP contribution in [0.2, 0.25) is 0 Å². The zero-order valence-corrected chi connectivity index (χ0v) is 8.37. The molecule has 2 heteroatoms. The molecule has 0 aliphatic heterocycles. The summed E-state index contributed by atoms with van der Waals surface area (Å²) in [6.07, 6.45) is 7.68. The van der Waals surface area contributed by atoms with E-state index in [2.05, 4.69) is 29.8 Å². The van der Waals surface area contributed by atoms with Gasteiger partial charge in [-0.15, -0.1) is 12.6 Å². The Hall–Kier alpha value is -0.760. The summed E-state index contributed by atoms with van der Waals surface area (Å²) in [5.74, 6) is 0.443. The monoisotopic (exact) mass is 191 g/mol. The Morgan fingerprint density at radius 3 is 3.00 bits per heavy atom. The Balaban J connectivity index is 2.26. The SMILES string of the molecule is SC1=CCCCC1c1ccccn1. The second kappa shape index (κ2) is 3.97. The number of hydrogen-bond donors (Lipinski definition) is 1. The molecular weight excluding hydrogens is 178 g/mol. The van der Waals surface area contributed by atoms with Crippen molar-refractivity contribution in [2.75, 3.05) is 0 Å². The summed E-state index contributed by atoms with van der Waals surface area (Å²) in [5.41, 5.74) is 1.16. The minimum Gasteiger partial charge on any atom is -0.261 e. The molecule has 0 N–H and O–H groups in total. The van der Waals surface area contributed by atoms with Gasteiger partial charge in [-0.05, 0) is 36.3 Å². The number of nitrogens with zero attached hydrogens (tertiary/aromatic N) is 1. The average molecular weight is 191 g/mol. The maximum absolute atomic E-state index is 4.49. The number of allylic oxidation sites excluding steroid dienone is 2. The summed E-state index contributed by atoms with van der Waals surface area (Å²) >= 11 is 4.49. The van der Waals surface area contributed by atoms with Gasteiger partial charge in [0.05, 0.1) is 0 Å². The van der Waals surface area contributed by atoms with Crippen LogP contribution in [0, 0.1) is 0 Å². The molecule has 0 saturated carbocycles. The van der Waals surface area contributed by atoms with Crippen LogP contribution in [0.25, 0.3) is 0 Å². The van der Waals surface area contributed by atoms with Gasteiger partial charge in [-0.3, -0.25) is 4.98 Å². The van der Waals surface area contributed by atoms with Crippen molar-refractivity contribution in [2.24, 2.45) is 0 Å². The first-order valence-corrected chi connectivity index (χ1v) is 5.12. The third-order valence-electron chi connectivity index (χ3n) is 2.45. The van der Waals surface area contributed by atoms with Crippen molar-refractivity contribution in [3.05, 3.63) is 41.1 Å². The Kier molecular flexibility index (Phi) is 2.69. The molecule has 1 aliphatic carbocycles. The molecule has 1 aliphatic rings. The molecule has 0 radical (unpaired) electrons. The normalized spacial score (nSPS) is 22.5. The molecule has 1 unspecified atom stereocenters. The van der Waals surface area contributed by atoms with Crippen molar-refractivity contribution in [2.45, 2.75) is 25.2 Å². The van der Waals surface area contributed by atoms with Crippen molar-refractivity contribution in [1.82, 2.24) is 4.98 Å². The Labute approximate surface area is 84.3 Å². The fourth-order valence-electron chi connectivity index (χ4n) is 1.74. The van der Waals surface area contributed by atoms with Crippen LogP contribution in [0.15, 0.2) is 35.4 Å². The lowest BCUT2D eigenvalue weighted by Gasteiger charge is -2.20. The molecule has 0 saturated heterocycles. The molecule has 68 valence electrons. The van der Waals surface area contributed by atoms with Crippen molar-refractivity contribution < 1.29 is 0 Å². The van der Waals surface area contributed by atoms with Gasteiger partial charge >= 0.3 is 0 Å². The fraction of sp³-hybridized carbons (Fsp3) is 0.364. The first-order chi connectivity index (χ1) is 6.38. The minimum atomic E-state index is 0.443. The van der Waals surface area contributed by atoms with E-state index in [1.165, 1.54) is 24.2 Å². The van der Waals surface area contributed by atoms with Crippen LogP contribution in [0.5, 0.6) is 0 Å². The molecule has 1 heterocycles. The molecule has 1 aromatic rings.